The average molecular weight is 423 g/mol. The third-order valence-electron chi connectivity index (χ3n) is 4.58. The molecule has 0 atom stereocenters. The molecule has 0 aliphatic carbocycles. The second-order valence-electron chi connectivity index (χ2n) is 6.63. The van der Waals surface area contributed by atoms with E-state index in [1.165, 1.54) is 16.8 Å². The van der Waals surface area contributed by atoms with E-state index in [0.717, 1.165) is 11.3 Å². The van der Waals surface area contributed by atoms with E-state index in [0.29, 0.717) is 24.5 Å². The molecule has 8 heteroatoms. The maximum Gasteiger partial charge on any atom is 0.271 e. The first-order chi connectivity index (χ1) is 15.1. The van der Waals surface area contributed by atoms with Gasteiger partial charge in [-0.15, -0.1) is 0 Å². The number of rotatable bonds is 10. The normalized spacial score (nSPS) is 10.4. The number of hydrogen-bond donors (Lipinski definition) is 1. The second kappa shape index (κ2) is 10.8. The van der Waals surface area contributed by atoms with E-state index in [4.69, 9.17) is 14.2 Å². The van der Waals surface area contributed by atoms with Gasteiger partial charge in [-0.05, 0) is 48.4 Å². The average Bonchev–Trinajstić information content (AvgIpc) is 2.80. The lowest BCUT2D eigenvalue weighted by Gasteiger charge is -2.11. The van der Waals surface area contributed by atoms with Gasteiger partial charge >= 0.3 is 0 Å². The highest BCUT2D eigenvalue weighted by Gasteiger charge is 2.11. The van der Waals surface area contributed by atoms with Crippen LogP contribution in [0.2, 0.25) is 0 Å². The molecule has 3 rings (SSSR count). The van der Waals surface area contributed by atoms with Crippen LogP contribution in [0.4, 0.5) is 0 Å². The van der Waals surface area contributed by atoms with Crippen LogP contribution >= 0.6 is 0 Å². The van der Waals surface area contributed by atoms with Gasteiger partial charge in [0.15, 0.2) is 0 Å². The van der Waals surface area contributed by atoms with Gasteiger partial charge in [0.05, 0.1) is 20.8 Å². The Hall–Kier alpha value is -3.81. The largest absolute Gasteiger partial charge is 0.497 e. The first kappa shape index (κ1) is 21.9. The third-order valence-corrected chi connectivity index (χ3v) is 4.58. The van der Waals surface area contributed by atoms with E-state index in [1.807, 2.05) is 48.5 Å². The summed E-state index contributed by atoms with van der Waals surface area (Å²) in [6.07, 6.45) is 0.552. The Kier molecular flexibility index (Phi) is 7.64. The number of aromatic nitrogens is 2. The van der Waals surface area contributed by atoms with Crippen molar-refractivity contribution in [2.45, 2.75) is 13.0 Å². The molecular weight excluding hydrogens is 398 g/mol. The summed E-state index contributed by atoms with van der Waals surface area (Å²) in [6, 6.07) is 17.5. The molecule has 0 aliphatic heterocycles. The van der Waals surface area contributed by atoms with Crippen LogP contribution in [0.5, 0.6) is 17.2 Å². The second-order valence-corrected chi connectivity index (χ2v) is 6.63. The topological polar surface area (TPSA) is 91.7 Å². The van der Waals surface area contributed by atoms with Crippen molar-refractivity contribution in [3.8, 4) is 17.2 Å². The molecule has 0 spiro atoms. The van der Waals surface area contributed by atoms with Crippen LogP contribution in [-0.4, -0.2) is 43.1 Å². The molecule has 1 N–H and O–H groups in total. The van der Waals surface area contributed by atoms with E-state index >= 15 is 0 Å². The fourth-order valence-electron chi connectivity index (χ4n) is 2.98. The molecule has 3 aromatic rings. The molecule has 8 nitrogen and oxygen atoms in total. The highest BCUT2D eigenvalue weighted by molar-refractivity contribution is 5.91. The fraction of sp³-hybridized carbons (Fsp3) is 0.261. The van der Waals surface area contributed by atoms with Gasteiger partial charge in [-0.25, -0.2) is 4.68 Å². The van der Waals surface area contributed by atoms with Gasteiger partial charge in [0.1, 0.15) is 29.5 Å². The van der Waals surface area contributed by atoms with E-state index < -0.39 is 0 Å². The maximum absolute atomic E-state index is 12.5. The van der Waals surface area contributed by atoms with Crippen LogP contribution in [0, 0.1) is 0 Å². The minimum absolute atomic E-state index is 0.164. The monoisotopic (exact) mass is 423 g/mol. The first-order valence-electron chi connectivity index (χ1n) is 9.86. The summed E-state index contributed by atoms with van der Waals surface area (Å²) in [6.45, 7) is 0.869. The molecule has 0 saturated heterocycles. The molecule has 1 heterocycles. The zero-order valence-corrected chi connectivity index (χ0v) is 17.5. The minimum Gasteiger partial charge on any atom is -0.497 e. The molecule has 31 heavy (non-hydrogen) atoms. The smallest absolute Gasteiger partial charge is 0.271 e. The summed E-state index contributed by atoms with van der Waals surface area (Å²) in [5.74, 6) is 1.78. The maximum atomic E-state index is 12.5. The highest BCUT2D eigenvalue weighted by atomic mass is 16.5. The van der Waals surface area contributed by atoms with Gasteiger partial charge in [-0.2, -0.15) is 5.10 Å². The Bertz CT molecular complexity index is 1070. The van der Waals surface area contributed by atoms with Crippen LogP contribution < -0.4 is 25.1 Å². The summed E-state index contributed by atoms with van der Waals surface area (Å²) in [4.78, 5) is 24.5. The number of hydrogen-bond acceptors (Lipinski definition) is 6. The first-order valence-corrected chi connectivity index (χ1v) is 9.86. The van der Waals surface area contributed by atoms with Crippen LogP contribution in [0.1, 0.15) is 16.1 Å². The van der Waals surface area contributed by atoms with E-state index in [1.54, 1.807) is 14.2 Å². The quantitative estimate of drug-likeness (QED) is 0.538. The number of benzene rings is 2. The number of amides is 1. The molecule has 0 bridgehead atoms. The van der Waals surface area contributed by atoms with Gasteiger partial charge in [0.25, 0.3) is 11.5 Å². The van der Waals surface area contributed by atoms with Crippen LogP contribution in [0.3, 0.4) is 0 Å². The van der Waals surface area contributed by atoms with Crippen molar-refractivity contribution >= 4 is 5.91 Å². The summed E-state index contributed by atoms with van der Waals surface area (Å²) in [7, 11) is 3.19. The SMILES string of the molecule is COc1ccc(OC)c(CCNC(=O)c2ccc(=O)n(CCOc3ccccc3)n2)c1. The lowest BCUT2D eigenvalue weighted by Crippen LogP contribution is -2.31. The number of nitrogens with zero attached hydrogens (tertiary/aromatic N) is 2. The molecule has 1 amide bonds. The van der Waals surface area contributed by atoms with Gasteiger partial charge in [-0.1, -0.05) is 18.2 Å². The van der Waals surface area contributed by atoms with Crippen molar-refractivity contribution < 1.29 is 19.0 Å². The fourth-order valence-corrected chi connectivity index (χ4v) is 2.98. The lowest BCUT2D eigenvalue weighted by atomic mass is 10.1. The summed E-state index contributed by atoms with van der Waals surface area (Å²) >= 11 is 0. The predicted molar refractivity (Wildman–Crippen MR) is 116 cm³/mol. The summed E-state index contributed by atoms with van der Waals surface area (Å²) in [5, 5.41) is 6.98. The van der Waals surface area contributed by atoms with Gasteiger partial charge in [0, 0.05) is 12.6 Å². The molecule has 162 valence electrons. The molecule has 0 radical (unpaired) electrons. The molecule has 2 aromatic carbocycles. The van der Waals surface area contributed by atoms with Crippen LogP contribution in [0.15, 0.2) is 65.5 Å². The van der Waals surface area contributed by atoms with E-state index in [2.05, 4.69) is 10.4 Å². The Morgan fingerprint density at radius 1 is 1.00 bits per heavy atom. The van der Waals surface area contributed by atoms with E-state index in [9.17, 15) is 9.59 Å². The van der Waals surface area contributed by atoms with Crippen molar-refractivity contribution in [3.63, 3.8) is 0 Å². The standard InChI is InChI=1S/C23H25N3O5/c1-29-19-8-10-21(30-2)17(16-19)12-13-24-23(28)20-9-11-22(27)26(25-20)14-15-31-18-6-4-3-5-7-18/h3-11,16H,12-15H2,1-2H3,(H,24,28). The Morgan fingerprint density at radius 3 is 2.55 bits per heavy atom. The zero-order valence-electron chi connectivity index (χ0n) is 17.5. The number of para-hydroxylation sites is 1. The predicted octanol–water partition coefficient (Wildman–Crippen LogP) is 2.31. The molecule has 0 fully saturated rings. The summed E-state index contributed by atoms with van der Waals surface area (Å²) < 4.78 is 17.4. The molecule has 0 unspecified atom stereocenters. The minimum atomic E-state index is -0.361. The highest BCUT2D eigenvalue weighted by Crippen LogP contribution is 2.24. The van der Waals surface area contributed by atoms with E-state index in [-0.39, 0.29) is 30.3 Å². The van der Waals surface area contributed by atoms with Crippen molar-refractivity contribution in [1.29, 1.82) is 0 Å². The molecular formula is C23H25N3O5. The Labute approximate surface area is 180 Å². The number of ether oxygens (including phenoxy) is 3. The Morgan fingerprint density at radius 2 is 1.81 bits per heavy atom. The Balaban J connectivity index is 1.57. The third kappa shape index (κ3) is 6.08. The van der Waals surface area contributed by atoms with Gasteiger partial charge in [-0.3, -0.25) is 9.59 Å². The van der Waals surface area contributed by atoms with Crippen molar-refractivity contribution in [2.24, 2.45) is 0 Å². The summed E-state index contributed by atoms with van der Waals surface area (Å²) in [5.41, 5.74) is 0.782. The zero-order chi connectivity index (χ0) is 22.1. The molecule has 0 aliphatic rings. The van der Waals surface area contributed by atoms with Crippen LogP contribution in [-0.2, 0) is 13.0 Å². The van der Waals surface area contributed by atoms with Crippen LogP contribution in [0.25, 0.3) is 0 Å². The molecule has 0 saturated carbocycles. The molecule has 1 aromatic heterocycles. The van der Waals surface area contributed by atoms with Crippen molar-refractivity contribution in [2.75, 3.05) is 27.4 Å². The van der Waals surface area contributed by atoms with Gasteiger partial charge in [0.2, 0.25) is 0 Å². The number of carbonyl (C=O) groups is 1. The number of nitrogens with one attached hydrogen (secondary N) is 1. The number of methoxy groups -OCH3 is 2. The van der Waals surface area contributed by atoms with Crippen molar-refractivity contribution in [3.05, 3.63) is 82.3 Å². The number of carbonyl (C=O) groups excluding carboxylic acids is 1. The van der Waals surface area contributed by atoms with Gasteiger partial charge < -0.3 is 19.5 Å². The van der Waals surface area contributed by atoms with Crippen molar-refractivity contribution in [1.82, 2.24) is 15.1 Å². The lowest BCUT2D eigenvalue weighted by molar-refractivity contribution is 0.0946.